The van der Waals surface area contributed by atoms with Crippen LogP contribution in [0.5, 0.6) is 23.0 Å². The van der Waals surface area contributed by atoms with E-state index in [0.29, 0.717) is 5.56 Å². The van der Waals surface area contributed by atoms with Crippen LogP contribution in [-0.2, 0) is 15.9 Å². The molecule has 3 aliphatic heterocycles. The first-order valence-corrected chi connectivity index (χ1v) is 13.1. The predicted octanol–water partition coefficient (Wildman–Crippen LogP) is -2.72. The zero-order valence-electron chi connectivity index (χ0n) is 22.1. The fourth-order valence-corrected chi connectivity index (χ4v) is 5.01. The molecule has 0 spiro atoms. The summed E-state index contributed by atoms with van der Waals surface area (Å²) in [5, 5.41) is 91.1. The van der Waals surface area contributed by atoms with Gasteiger partial charge in [-0.2, -0.15) is 0 Å². The van der Waals surface area contributed by atoms with E-state index < -0.39 is 85.3 Å². The molecule has 2 aromatic carbocycles. The number of carbonyl (C=O) groups is 1. The molecule has 0 bridgehead atoms. The summed E-state index contributed by atoms with van der Waals surface area (Å²) in [5.41, 5.74) is 0.117. The molecule has 0 aliphatic carbocycles. The van der Waals surface area contributed by atoms with Crippen LogP contribution in [0.25, 0.3) is 0 Å². The number of ether oxygens (including phenoxy) is 5. The number of hydrogen-bond donors (Lipinski definition) is 9. The van der Waals surface area contributed by atoms with Crippen LogP contribution in [0.3, 0.4) is 0 Å². The zero-order valence-corrected chi connectivity index (χ0v) is 22.1. The van der Waals surface area contributed by atoms with Crippen LogP contribution in [0.15, 0.2) is 36.4 Å². The number of carbonyl (C=O) groups excluding carboxylic acids is 1. The number of phenolic OH excluding ortho intramolecular Hbond substituents is 1. The molecule has 3 aliphatic rings. The van der Waals surface area contributed by atoms with Crippen LogP contribution in [0.4, 0.5) is 0 Å². The van der Waals surface area contributed by atoms with Gasteiger partial charge in [-0.25, -0.2) is 0 Å². The van der Waals surface area contributed by atoms with Gasteiger partial charge in [0, 0.05) is 18.6 Å². The van der Waals surface area contributed by atoms with Gasteiger partial charge in [0.25, 0.3) is 5.79 Å². The minimum absolute atomic E-state index is 0.215. The number of aromatic hydroxyl groups is 1. The van der Waals surface area contributed by atoms with Gasteiger partial charge >= 0.3 is 0 Å². The largest absolute Gasteiger partial charge is 0.508 e. The maximum Gasteiger partial charge on any atom is 0.277 e. The second kappa shape index (κ2) is 11.5. The Bertz CT molecular complexity index is 1290. The third kappa shape index (κ3) is 5.51. The Kier molecular flexibility index (Phi) is 8.34. The van der Waals surface area contributed by atoms with Gasteiger partial charge in [-0.3, -0.25) is 4.79 Å². The third-order valence-corrected chi connectivity index (χ3v) is 7.43. The molecule has 0 unspecified atom stereocenters. The van der Waals surface area contributed by atoms with Crippen molar-refractivity contribution in [2.24, 2.45) is 0 Å². The number of benzene rings is 2. The molecule has 9 N–H and O–H groups in total. The first-order valence-electron chi connectivity index (χ1n) is 13.1. The van der Waals surface area contributed by atoms with Gasteiger partial charge < -0.3 is 69.6 Å². The summed E-state index contributed by atoms with van der Waals surface area (Å²) in [5.74, 6) is -4.19. The number of aliphatic hydroxyl groups is 8. The molecule has 0 radical (unpaired) electrons. The summed E-state index contributed by atoms with van der Waals surface area (Å²) in [6.07, 6.45) is -14.9. The molecule has 0 amide bonds. The summed E-state index contributed by atoms with van der Waals surface area (Å²) in [4.78, 5) is 13.4. The second-order valence-electron chi connectivity index (χ2n) is 10.5. The van der Waals surface area contributed by atoms with Crippen molar-refractivity contribution in [3.05, 3.63) is 47.5 Å². The van der Waals surface area contributed by atoms with Crippen molar-refractivity contribution < 1.29 is 74.4 Å². The van der Waals surface area contributed by atoms with Crippen LogP contribution in [-0.4, -0.2) is 126 Å². The van der Waals surface area contributed by atoms with E-state index in [4.69, 9.17) is 23.7 Å². The minimum atomic E-state index is -2.44. The molecule has 5 rings (SSSR count). The Morgan fingerprint density at radius 1 is 0.833 bits per heavy atom. The molecule has 2 saturated heterocycles. The highest BCUT2D eigenvalue weighted by molar-refractivity contribution is 6.09. The van der Waals surface area contributed by atoms with Crippen LogP contribution < -0.4 is 14.2 Å². The SMILES string of the molecule is C[C@@H]1O[C@@H](Oc2ccc(C[C@@]3(O)Oc4cc(O)cc(O[C@@H]5O[C@H](CO)[C@@H](O)[C@H](O)[C@H]5O)c4C3=O)cc2)[C@H](O)[C@H](O)[C@H]1O. The number of phenols is 1. The Labute approximate surface area is 238 Å². The molecule has 3 heterocycles. The smallest absolute Gasteiger partial charge is 0.277 e. The van der Waals surface area contributed by atoms with E-state index in [2.05, 4.69) is 0 Å². The average molecular weight is 597 g/mol. The summed E-state index contributed by atoms with van der Waals surface area (Å²) in [6.45, 7) is 0.795. The lowest BCUT2D eigenvalue weighted by Crippen LogP contribution is -2.60. The van der Waals surface area contributed by atoms with E-state index in [1.54, 1.807) is 0 Å². The third-order valence-electron chi connectivity index (χ3n) is 7.43. The van der Waals surface area contributed by atoms with Crippen molar-refractivity contribution >= 4 is 5.78 Å². The highest BCUT2D eigenvalue weighted by Crippen LogP contribution is 2.44. The standard InChI is InChI=1S/C27H32O15/c1-10-18(30)20(32)22(34)25(38-10)39-13-4-2-11(3-5-13)8-27(37)24(36)17-14(6-12(29)7-15(17)42-27)40-26-23(35)21(33)19(31)16(9-28)41-26/h2-7,10,16,18-23,25-26,28-35,37H,8-9H2,1H3/t10-,16+,18-,19+,20+,21-,22+,23+,25-,26+,27+/m0/s1. The monoisotopic (exact) mass is 596 g/mol. The van der Waals surface area contributed by atoms with E-state index in [9.17, 15) is 50.8 Å². The lowest BCUT2D eigenvalue weighted by molar-refractivity contribution is -0.277. The number of ketones is 1. The van der Waals surface area contributed by atoms with Crippen molar-refractivity contribution in [1.29, 1.82) is 0 Å². The lowest BCUT2D eigenvalue weighted by Gasteiger charge is -2.39. The van der Waals surface area contributed by atoms with Gasteiger partial charge in [0.15, 0.2) is 0 Å². The van der Waals surface area contributed by atoms with Gasteiger partial charge in [0.05, 0.1) is 12.7 Å². The Hall–Kier alpha value is -3.09. The van der Waals surface area contributed by atoms with Crippen LogP contribution >= 0.6 is 0 Å². The number of rotatable bonds is 7. The highest BCUT2D eigenvalue weighted by atomic mass is 16.7. The van der Waals surface area contributed by atoms with E-state index in [0.717, 1.165) is 12.1 Å². The number of fused-ring (bicyclic) bond motifs is 1. The molecule has 230 valence electrons. The van der Waals surface area contributed by atoms with E-state index in [1.807, 2.05) is 0 Å². The first kappa shape index (κ1) is 30.4. The predicted molar refractivity (Wildman–Crippen MR) is 136 cm³/mol. The second-order valence-corrected chi connectivity index (χ2v) is 10.5. The summed E-state index contributed by atoms with van der Waals surface area (Å²) in [6, 6.07) is 8.01. The maximum absolute atomic E-state index is 13.4. The lowest BCUT2D eigenvalue weighted by atomic mass is 9.97. The molecule has 11 atom stereocenters. The molecular formula is C27H32O15. The van der Waals surface area contributed by atoms with Gasteiger partial charge in [-0.05, 0) is 24.6 Å². The van der Waals surface area contributed by atoms with Crippen LogP contribution in [0.1, 0.15) is 22.8 Å². The first-order chi connectivity index (χ1) is 19.8. The van der Waals surface area contributed by atoms with Crippen molar-refractivity contribution in [3.8, 4) is 23.0 Å². The Balaban J connectivity index is 1.30. The molecule has 0 saturated carbocycles. The van der Waals surface area contributed by atoms with Gasteiger partial charge in [-0.15, -0.1) is 0 Å². The van der Waals surface area contributed by atoms with E-state index >= 15 is 0 Å². The van der Waals surface area contributed by atoms with E-state index in [1.165, 1.54) is 31.2 Å². The van der Waals surface area contributed by atoms with Gasteiger partial charge in [-0.1, -0.05) is 12.1 Å². The minimum Gasteiger partial charge on any atom is -0.508 e. The molecule has 2 aromatic rings. The maximum atomic E-state index is 13.4. The summed E-state index contributed by atoms with van der Waals surface area (Å²) in [7, 11) is 0. The van der Waals surface area contributed by atoms with Crippen molar-refractivity contribution in [1.82, 2.24) is 0 Å². The van der Waals surface area contributed by atoms with E-state index in [-0.39, 0.29) is 29.2 Å². The number of aliphatic hydroxyl groups excluding tert-OH is 7. The van der Waals surface area contributed by atoms with Gasteiger partial charge in [0.2, 0.25) is 18.4 Å². The molecule has 42 heavy (non-hydrogen) atoms. The molecular weight excluding hydrogens is 564 g/mol. The highest BCUT2D eigenvalue weighted by Gasteiger charge is 2.50. The van der Waals surface area contributed by atoms with Crippen molar-refractivity contribution in [3.63, 3.8) is 0 Å². The Morgan fingerprint density at radius 3 is 2.10 bits per heavy atom. The number of hydrogen-bond acceptors (Lipinski definition) is 15. The summed E-state index contributed by atoms with van der Waals surface area (Å²) >= 11 is 0. The number of Topliss-reactive ketones (excluding diaryl/α,β-unsaturated/α-hetero) is 1. The normalized spacial score (nSPS) is 38.1. The molecule has 2 fully saturated rings. The van der Waals surface area contributed by atoms with Crippen LogP contribution in [0.2, 0.25) is 0 Å². The molecule has 15 heteroatoms. The quantitative estimate of drug-likeness (QED) is 0.158. The van der Waals surface area contributed by atoms with Crippen LogP contribution in [0, 0.1) is 0 Å². The topological polar surface area (TPSA) is 245 Å². The Morgan fingerprint density at radius 2 is 1.45 bits per heavy atom. The van der Waals surface area contributed by atoms with Gasteiger partial charge in [0.1, 0.15) is 71.3 Å². The molecule has 15 nitrogen and oxygen atoms in total. The fourth-order valence-electron chi connectivity index (χ4n) is 5.01. The fraction of sp³-hybridized carbons (Fsp3) is 0.519. The average Bonchev–Trinajstić information content (AvgIpc) is 3.20. The zero-order chi connectivity index (χ0) is 30.5. The van der Waals surface area contributed by atoms with Crippen molar-refractivity contribution in [2.75, 3.05) is 6.61 Å². The summed E-state index contributed by atoms with van der Waals surface area (Å²) < 4.78 is 27.4. The van der Waals surface area contributed by atoms with Crippen molar-refractivity contribution in [2.45, 2.75) is 80.5 Å². The molecule has 0 aromatic heterocycles.